The molecule has 18 heavy (non-hydrogen) atoms. The van der Waals surface area contributed by atoms with Crippen LogP contribution in [0, 0.1) is 0 Å². The van der Waals surface area contributed by atoms with Crippen molar-refractivity contribution in [2.45, 2.75) is 43.6 Å². The van der Waals surface area contributed by atoms with Crippen LogP contribution in [0.3, 0.4) is 0 Å². The van der Waals surface area contributed by atoms with Gasteiger partial charge in [-0.1, -0.05) is 6.92 Å². The minimum atomic E-state index is -0.512. The molecule has 1 saturated carbocycles. The van der Waals surface area contributed by atoms with Crippen LogP contribution in [0.1, 0.15) is 38.3 Å². The lowest BCUT2D eigenvalue weighted by atomic mass is 9.79. The van der Waals surface area contributed by atoms with Crippen molar-refractivity contribution in [2.75, 3.05) is 12.3 Å². The summed E-state index contributed by atoms with van der Waals surface area (Å²) in [6, 6.07) is 4.28. The molecule has 1 heterocycles. The van der Waals surface area contributed by atoms with Crippen LogP contribution in [0.2, 0.25) is 0 Å². The largest absolute Gasteiger partial charge is 0.387 e. The molecule has 1 fully saturated rings. The van der Waals surface area contributed by atoms with Crippen LogP contribution in [-0.4, -0.2) is 33.2 Å². The summed E-state index contributed by atoms with van der Waals surface area (Å²) in [5.41, 5.74) is 0.703. The first kappa shape index (κ1) is 13.8. The Hall–Kier alpha value is -0.580. The molecule has 0 spiro atoms. The molecule has 0 aliphatic heterocycles. The maximum Gasteiger partial charge on any atom is 0.0890 e. The molecule has 3 atom stereocenters. The summed E-state index contributed by atoms with van der Waals surface area (Å²) in [6.07, 6.45) is 5.67. The van der Waals surface area contributed by atoms with E-state index in [9.17, 15) is 5.11 Å². The summed E-state index contributed by atoms with van der Waals surface area (Å²) in [7, 11) is 0. The Morgan fingerprint density at radius 3 is 2.83 bits per heavy atom. The van der Waals surface area contributed by atoms with Gasteiger partial charge in [-0.05, 0) is 43.2 Å². The SMILES string of the molecule is CCS[C@@H]1CC[C@]1(O)CN[C@@H](C)c1ccncc1. The van der Waals surface area contributed by atoms with Gasteiger partial charge in [-0.15, -0.1) is 0 Å². The highest BCUT2D eigenvalue weighted by molar-refractivity contribution is 8.00. The van der Waals surface area contributed by atoms with E-state index in [2.05, 4.69) is 24.1 Å². The molecule has 0 aromatic carbocycles. The van der Waals surface area contributed by atoms with E-state index in [1.807, 2.05) is 23.9 Å². The Balaban J connectivity index is 1.84. The normalized spacial score (nSPS) is 28.7. The van der Waals surface area contributed by atoms with Crippen LogP contribution in [0.25, 0.3) is 0 Å². The van der Waals surface area contributed by atoms with Gasteiger partial charge in [0.25, 0.3) is 0 Å². The molecule has 2 rings (SSSR count). The summed E-state index contributed by atoms with van der Waals surface area (Å²) >= 11 is 1.87. The minimum absolute atomic E-state index is 0.255. The Kier molecular flexibility index (Phi) is 4.65. The predicted molar refractivity (Wildman–Crippen MR) is 76.8 cm³/mol. The first-order chi connectivity index (χ1) is 8.65. The molecule has 0 radical (unpaired) electrons. The highest BCUT2D eigenvalue weighted by Gasteiger charge is 2.44. The lowest BCUT2D eigenvalue weighted by Crippen LogP contribution is -2.56. The molecular formula is C14H22N2OS. The Labute approximate surface area is 113 Å². The summed E-state index contributed by atoms with van der Waals surface area (Å²) < 4.78 is 0. The van der Waals surface area contributed by atoms with Gasteiger partial charge in [-0.3, -0.25) is 4.98 Å². The molecule has 100 valence electrons. The molecule has 2 N–H and O–H groups in total. The Morgan fingerprint density at radius 2 is 2.28 bits per heavy atom. The lowest BCUT2D eigenvalue weighted by Gasteiger charge is -2.45. The first-order valence-electron chi connectivity index (χ1n) is 6.63. The third-order valence-electron chi connectivity index (χ3n) is 3.73. The van der Waals surface area contributed by atoms with Crippen LogP contribution in [0.5, 0.6) is 0 Å². The van der Waals surface area contributed by atoms with Crippen molar-refractivity contribution in [3.8, 4) is 0 Å². The van der Waals surface area contributed by atoms with E-state index in [-0.39, 0.29) is 6.04 Å². The number of hydrogen-bond acceptors (Lipinski definition) is 4. The molecule has 1 aromatic heterocycles. The number of pyridine rings is 1. The standard InChI is InChI=1S/C14H22N2OS/c1-3-18-13-4-7-14(13,17)10-16-11(2)12-5-8-15-9-6-12/h5-6,8-9,11,13,16-17H,3-4,7,10H2,1-2H3/t11-,13+,14-/m0/s1. The summed E-state index contributed by atoms with van der Waals surface area (Å²) in [4.78, 5) is 4.02. The highest BCUT2D eigenvalue weighted by atomic mass is 32.2. The van der Waals surface area contributed by atoms with Crippen LogP contribution in [-0.2, 0) is 0 Å². The van der Waals surface area contributed by atoms with Gasteiger partial charge in [0.15, 0.2) is 0 Å². The van der Waals surface area contributed by atoms with E-state index >= 15 is 0 Å². The monoisotopic (exact) mass is 266 g/mol. The van der Waals surface area contributed by atoms with E-state index in [0.717, 1.165) is 18.6 Å². The van der Waals surface area contributed by atoms with E-state index in [0.29, 0.717) is 11.8 Å². The molecule has 0 bridgehead atoms. The topological polar surface area (TPSA) is 45.1 Å². The number of thioether (sulfide) groups is 1. The molecule has 3 nitrogen and oxygen atoms in total. The second kappa shape index (κ2) is 6.04. The van der Waals surface area contributed by atoms with Gasteiger partial charge in [0, 0.05) is 30.2 Å². The molecule has 0 amide bonds. The Morgan fingerprint density at radius 1 is 1.56 bits per heavy atom. The average Bonchev–Trinajstić information content (AvgIpc) is 2.41. The van der Waals surface area contributed by atoms with Crippen LogP contribution < -0.4 is 5.32 Å². The van der Waals surface area contributed by atoms with Crippen molar-refractivity contribution in [2.24, 2.45) is 0 Å². The number of aromatic nitrogens is 1. The fraction of sp³-hybridized carbons (Fsp3) is 0.643. The lowest BCUT2D eigenvalue weighted by molar-refractivity contribution is -0.0249. The molecule has 0 saturated heterocycles. The van der Waals surface area contributed by atoms with Gasteiger partial charge in [0.2, 0.25) is 0 Å². The van der Waals surface area contributed by atoms with Crippen LogP contribution >= 0.6 is 11.8 Å². The molecule has 0 unspecified atom stereocenters. The zero-order valence-corrected chi connectivity index (χ0v) is 11.9. The van der Waals surface area contributed by atoms with Gasteiger partial charge >= 0.3 is 0 Å². The van der Waals surface area contributed by atoms with Crippen molar-refractivity contribution in [3.63, 3.8) is 0 Å². The molecule has 4 heteroatoms. The fourth-order valence-electron chi connectivity index (χ4n) is 2.34. The van der Waals surface area contributed by atoms with Gasteiger partial charge in [-0.25, -0.2) is 0 Å². The third-order valence-corrected chi connectivity index (χ3v) is 5.14. The Bertz CT molecular complexity index is 373. The molecular weight excluding hydrogens is 244 g/mol. The van der Waals surface area contributed by atoms with Crippen molar-refractivity contribution in [1.29, 1.82) is 0 Å². The maximum absolute atomic E-state index is 10.5. The summed E-state index contributed by atoms with van der Waals surface area (Å²) in [6.45, 7) is 4.95. The number of aliphatic hydroxyl groups is 1. The average molecular weight is 266 g/mol. The van der Waals surface area contributed by atoms with Gasteiger partial charge in [-0.2, -0.15) is 11.8 Å². The summed E-state index contributed by atoms with van der Waals surface area (Å²) in [5, 5.41) is 14.3. The predicted octanol–water partition coefficient (Wildman–Crippen LogP) is 2.38. The van der Waals surface area contributed by atoms with E-state index in [1.165, 1.54) is 5.56 Å². The third kappa shape index (κ3) is 3.05. The van der Waals surface area contributed by atoms with Gasteiger partial charge in [0.1, 0.15) is 0 Å². The van der Waals surface area contributed by atoms with Crippen molar-refractivity contribution in [1.82, 2.24) is 10.3 Å². The van der Waals surface area contributed by atoms with Crippen molar-refractivity contribution < 1.29 is 5.11 Å². The molecule has 1 aromatic rings. The smallest absolute Gasteiger partial charge is 0.0890 e. The van der Waals surface area contributed by atoms with Crippen LogP contribution in [0.4, 0.5) is 0 Å². The van der Waals surface area contributed by atoms with E-state index < -0.39 is 5.60 Å². The van der Waals surface area contributed by atoms with E-state index in [4.69, 9.17) is 0 Å². The zero-order chi connectivity index (χ0) is 13.0. The number of rotatable bonds is 6. The molecule has 1 aliphatic carbocycles. The zero-order valence-electron chi connectivity index (χ0n) is 11.1. The van der Waals surface area contributed by atoms with E-state index in [1.54, 1.807) is 12.4 Å². The maximum atomic E-state index is 10.5. The second-order valence-corrected chi connectivity index (χ2v) is 6.45. The first-order valence-corrected chi connectivity index (χ1v) is 7.68. The number of hydrogen-bond donors (Lipinski definition) is 2. The van der Waals surface area contributed by atoms with Gasteiger partial charge < -0.3 is 10.4 Å². The highest BCUT2D eigenvalue weighted by Crippen LogP contribution is 2.40. The minimum Gasteiger partial charge on any atom is -0.387 e. The van der Waals surface area contributed by atoms with Gasteiger partial charge in [0.05, 0.1) is 5.60 Å². The van der Waals surface area contributed by atoms with Crippen LogP contribution in [0.15, 0.2) is 24.5 Å². The fourth-order valence-corrected chi connectivity index (χ4v) is 3.54. The number of nitrogens with zero attached hydrogens (tertiary/aromatic N) is 1. The summed E-state index contributed by atoms with van der Waals surface area (Å²) in [5.74, 6) is 1.08. The van der Waals surface area contributed by atoms with Crippen molar-refractivity contribution >= 4 is 11.8 Å². The quantitative estimate of drug-likeness (QED) is 0.830. The number of nitrogens with one attached hydrogen (secondary N) is 1. The van der Waals surface area contributed by atoms with Crippen molar-refractivity contribution in [3.05, 3.63) is 30.1 Å². The molecule has 1 aliphatic rings. The second-order valence-electron chi connectivity index (χ2n) is 4.97.